The molecule has 0 amide bonds. The van der Waals surface area contributed by atoms with Crippen LogP contribution in [0.4, 0.5) is 4.39 Å². The Labute approximate surface area is 117 Å². The molecule has 1 aromatic rings. The summed E-state index contributed by atoms with van der Waals surface area (Å²) in [7, 11) is 0. The van der Waals surface area contributed by atoms with E-state index in [0.717, 1.165) is 0 Å². The molecule has 17 heavy (non-hydrogen) atoms. The first kappa shape index (κ1) is 13.3. The van der Waals surface area contributed by atoms with Crippen LogP contribution in [0.15, 0.2) is 22.7 Å². The van der Waals surface area contributed by atoms with Gasteiger partial charge in [-0.1, -0.05) is 22.0 Å². The van der Waals surface area contributed by atoms with Gasteiger partial charge in [0, 0.05) is 16.3 Å². The summed E-state index contributed by atoms with van der Waals surface area (Å²) >= 11 is 14.5. The number of benzene rings is 1. The standard InChI is InChI=1S/C12H10BrCl2FO/c13-7-1-2-8(10(16)5-7)9-6-12(9,3-4-14)11(15)17/h1-2,5,9H,3-4,6H2/t9-,12+/m0/s1. The third-order valence-corrected chi connectivity index (χ3v) is 4.40. The summed E-state index contributed by atoms with van der Waals surface area (Å²) < 4.78 is 14.5. The molecule has 0 radical (unpaired) electrons. The van der Waals surface area contributed by atoms with Crippen molar-refractivity contribution in [3.63, 3.8) is 0 Å². The Morgan fingerprint density at radius 3 is 2.82 bits per heavy atom. The molecule has 1 aliphatic rings. The van der Waals surface area contributed by atoms with Gasteiger partial charge in [-0.05, 0) is 42.1 Å². The summed E-state index contributed by atoms with van der Waals surface area (Å²) in [6.45, 7) is 0. The van der Waals surface area contributed by atoms with Crippen LogP contribution < -0.4 is 0 Å². The molecule has 1 aliphatic carbocycles. The molecular formula is C12H10BrCl2FO. The highest BCUT2D eigenvalue weighted by Gasteiger charge is 2.59. The van der Waals surface area contributed by atoms with Crippen molar-refractivity contribution in [2.24, 2.45) is 5.41 Å². The maximum absolute atomic E-state index is 13.8. The van der Waals surface area contributed by atoms with Crippen molar-refractivity contribution < 1.29 is 9.18 Å². The minimum absolute atomic E-state index is 0.139. The molecule has 92 valence electrons. The predicted molar refractivity (Wildman–Crippen MR) is 70.1 cm³/mol. The fourth-order valence-electron chi connectivity index (χ4n) is 2.26. The van der Waals surface area contributed by atoms with Crippen molar-refractivity contribution in [3.8, 4) is 0 Å². The fourth-order valence-corrected chi connectivity index (χ4v) is 3.23. The van der Waals surface area contributed by atoms with Gasteiger partial charge in [-0.25, -0.2) is 4.39 Å². The van der Waals surface area contributed by atoms with Gasteiger partial charge < -0.3 is 0 Å². The third kappa shape index (κ3) is 2.38. The summed E-state index contributed by atoms with van der Waals surface area (Å²) in [6.07, 6.45) is 1.08. The number of alkyl halides is 1. The van der Waals surface area contributed by atoms with Gasteiger partial charge in [0.05, 0.1) is 5.41 Å². The van der Waals surface area contributed by atoms with Gasteiger partial charge in [0.1, 0.15) is 5.82 Å². The van der Waals surface area contributed by atoms with Crippen molar-refractivity contribution in [2.75, 3.05) is 5.88 Å². The highest BCUT2D eigenvalue weighted by atomic mass is 79.9. The highest BCUT2D eigenvalue weighted by molar-refractivity contribution is 9.10. The van der Waals surface area contributed by atoms with Crippen LogP contribution in [0.2, 0.25) is 0 Å². The van der Waals surface area contributed by atoms with Gasteiger partial charge in [0.25, 0.3) is 0 Å². The van der Waals surface area contributed by atoms with Gasteiger partial charge in [-0.3, -0.25) is 4.79 Å². The topological polar surface area (TPSA) is 17.1 Å². The number of rotatable bonds is 4. The maximum Gasteiger partial charge on any atom is 0.228 e. The van der Waals surface area contributed by atoms with E-state index in [9.17, 15) is 9.18 Å². The van der Waals surface area contributed by atoms with Gasteiger partial charge in [-0.15, -0.1) is 11.6 Å². The summed E-state index contributed by atoms with van der Waals surface area (Å²) in [5.41, 5.74) is -0.106. The molecule has 0 unspecified atom stereocenters. The second kappa shape index (κ2) is 4.87. The number of hydrogen-bond donors (Lipinski definition) is 0. The average molecular weight is 340 g/mol. The second-order valence-electron chi connectivity index (χ2n) is 4.29. The molecule has 5 heteroatoms. The molecule has 1 saturated carbocycles. The largest absolute Gasteiger partial charge is 0.281 e. The molecule has 1 nitrogen and oxygen atoms in total. The van der Waals surface area contributed by atoms with Crippen LogP contribution in [0, 0.1) is 11.2 Å². The van der Waals surface area contributed by atoms with Crippen LogP contribution in [0.1, 0.15) is 24.3 Å². The average Bonchev–Trinajstić information content (AvgIpc) is 2.94. The lowest BCUT2D eigenvalue weighted by Crippen LogP contribution is -2.13. The van der Waals surface area contributed by atoms with Crippen LogP contribution in [-0.2, 0) is 4.79 Å². The molecule has 0 saturated heterocycles. The summed E-state index contributed by atoms with van der Waals surface area (Å²) in [5, 5.41) is -0.412. The van der Waals surface area contributed by atoms with Crippen molar-refractivity contribution in [2.45, 2.75) is 18.8 Å². The lowest BCUT2D eigenvalue weighted by atomic mass is 9.97. The molecule has 0 spiro atoms. The molecule has 2 atom stereocenters. The van der Waals surface area contributed by atoms with E-state index in [2.05, 4.69) is 15.9 Å². The number of carbonyl (C=O) groups excluding carboxylic acids is 1. The number of halogens is 4. The molecule has 0 N–H and O–H groups in total. The molecule has 1 aromatic carbocycles. The van der Waals surface area contributed by atoms with Crippen molar-refractivity contribution in [1.29, 1.82) is 0 Å². The third-order valence-electron chi connectivity index (χ3n) is 3.35. The van der Waals surface area contributed by atoms with E-state index in [-0.39, 0.29) is 11.7 Å². The van der Waals surface area contributed by atoms with Gasteiger partial charge in [0.2, 0.25) is 5.24 Å². The first-order valence-corrected chi connectivity index (χ1v) is 6.92. The molecule has 0 bridgehead atoms. The lowest BCUT2D eigenvalue weighted by molar-refractivity contribution is -0.116. The molecular weight excluding hydrogens is 330 g/mol. The molecule has 0 aliphatic heterocycles. The van der Waals surface area contributed by atoms with E-state index < -0.39 is 10.7 Å². The predicted octanol–water partition coefficient (Wildman–Crippen LogP) is 4.46. The second-order valence-corrected chi connectivity index (χ2v) is 5.93. The van der Waals surface area contributed by atoms with Crippen LogP contribution in [0.5, 0.6) is 0 Å². The maximum atomic E-state index is 13.8. The first-order chi connectivity index (χ1) is 8.01. The first-order valence-electron chi connectivity index (χ1n) is 5.22. The lowest BCUT2D eigenvalue weighted by Gasteiger charge is -2.11. The van der Waals surface area contributed by atoms with Crippen LogP contribution in [0.25, 0.3) is 0 Å². The van der Waals surface area contributed by atoms with Crippen LogP contribution in [-0.4, -0.2) is 11.1 Å². The number of hydrogen-bond acceptors (Lipinski definition) is 1. The normalized spacial score (nSPS) is 26.9. The molecule has 1 fully saturated rings. The van der Waals surface area contributed by atoms with Gasteiger partial charge >= 0.3 is 0 Å². The van der Waals surface area contributed by atoms with Crippen molar-refractivity contribution in [1.82, 2.24) is 0 Å². The van der Waals surface area contributed by atoms with E-state index in [1.165, 1.54) is 6.07 Å². The van der Waals surface area contributed by atoms with Crippen LogP contribution >= 0.6 is 39.1 Å². The Bertz CT molecular complexity index is 466. The SMILES string of the molecule is O=C(Cl)[C@]1(CCCl)C[C@H]1c1ccc(Br)cc1F. The summed E-state index contributed by atoms with van der Waals surface area (Å²) in [5.74, 6) is -0.0919. The van der Waals surface area contributed by atoms with Crippen molar-refractivity contribution >= 4 is 44.4 Å². The molecule has 0 heterocycles. The fraction of sp³-hybridized carbons (Fsp3) is 0.417. The minimum atomic E-state index is -0.655. The van der Waals surface area contributed by atoms with Crippen LogP contribution in [0.3, 0.4) is 0 Å². The Kier molecular flexibility index (Phi) is 3.81. The smallest absolute Gasteiger partial charge is 0.228 e. The van der Waals surface area contributed by atoms with Gasteiger partial charge in [0.15, 0.2) is 0 Å². The molecule has 0 aromatic heterocycles. The van der Waals surface area contributed by atoms with Gasteiger partial charge in [-0.2, -0.15) is 0 Å². The minimum Gasteiger partial charge on any atom is -0.281 e. The highest BCUT2D eigenvalue weighted by Crippen LogP contribution is 2.63. The number of carbonyl (C=O) groups is 1. The van der Waals surface area contributed by atoms with Crippen molar-refractivity contribution in [3.05, 3.63) is 34.1 Å². The Balaban J connectivity index is 2.29. The summed E-state index contributed by atoms with van der Waals surface area (Å²) in [6, 6.07) is 4.86. The van der Waals surface area contributed by atoms with E-state index in [0.29, 0.717) is 28.8 Å². The Hall–Kier alpha value is -0.120. The van der Waals surface area contributed by atoms with E-state index in [1.807, 2.05) is 0 Å². The zero-order chi connectivity index (χ0) is 12.6. The van der Waals surface area contributed by atoms with E-state index >= 15 is 0 Å². The molecule has 2 rings (SSSR count). The Morgan fingerprint density at radius 2 is 2.29 bits per heavy atom. The Morgan fingerprint density at radius 1 is 1.59 bits per heavy atom. The van der Waals surface area contributed by atoms with E-state index in [4.69, 9.17) is 23.2 Å². The zero-order valence-corrected chi connectivity index (χ0v) is 11.9. The monoisotopic (exact) mass is 338 g/mol. The quantitative estimate of drug-likeness (QED) is 0.584. The summed E-state index contributed by atoms with van der Waals surface area (Å²) in [4.78, 5) is 11.5. The zero-order valence-electron chi connectivity index (χ0n) is 8.85. The van der Waals surface area contributed by atoms with E-state index in [1.54, 1.807) is 12.1 Å².